The molecule has 3 heterocycles. The summed E-state index contributed by atoms with van der Waals surface area (Å²) in [4.78, 5) is 29.9. The Bertz CT molecular complexity index is 1130. The molecule has 1 aromatic carbocycles. The van der Waals surface area contributed by atoms with Crippen LogP contribution in [0.4, 0.5) is 19.5 Å². The first-order valence-corrected chi connectivity index (χ1v) is 10.5. The molecule has 0 spiro atoms. The van der Waals surface area contributed by atoms with Gasteiger partial charge in [0.05, 0.1) is 33.4 Å². The van der Waals surface area contributed by atoms with Gasteiger partial charge in [-0.2, -0.15) is 0 Å². The summed E-state index contributed by atoms with van der Waals surface area (Å²) in [7, 11) is 0. The molecule has 2 amide bonds. The van der Waals surface area contributed by atoms with Crippen molar-refractivity contribution in [1.29, 1.82) is 0 Å². The predicted molar refractivity (Wildman–Crippen MR) is 111 cm³/mol. The molecular weight excluding hydrogens is 430 g/mol. The number of imidazole rings is 1. The molecule has 0 bridgehead atoms. The molecule has 1 aliphatic rings. The fourth-order valence-electron chi connectivity index (χ4n) is 3.80. The number of fused-ring (bicyclic) bond motifs is 1. The SMILES string of the molecule is O=C(Nc1nc2cc(CO)ccc2n1C[C@H]1CCCN1C(=O)O)c1ccc(C(F)F)s1. The minimum absolute atomic E-state index is 0.123. The molecule has 8 nitrogen and oxygen atoms in total. The van der Waals surface area contributed by atoms with Crippen LogP contribution in [0, 0.1) is 0 Å². The summed E-state index contributed by atoms with van der Waals surface area (Å²) < 4.78 is 27.5. The zero-order valence-corrected chi connectivity index (χ0v) is 17.1. The number of anilines is 1. The van der Waals surface area contributed by atoms with Crippen molar-refractivity contribution >= 4 is 40.3 Å². The normalized spacial score (nSPS) is 16.4. The lowest BCUT2D eigenvalue weighted by atomic mass is 10.2. The summed E-state index contributed by atoms with van der Waals surface area (Å²) in [6.07, 6.45) is -2.24. The van der Waals surface area contributed by atoms with Crippen LogP contribution in [0.1, 0.15) is 39.4 Å². The van der Waals surface area contributed by atoms with Gasteiger partial charge in [-0.1, -0.05) is 6.07 Å². The smallest absolute Gasteiger partial charge is 0.407 e. The Balaban J connectivity index is 1.68. The van der Waals surface area contributed by atoms with Gasteiger partial charge in [0.25, 0.3) is 12.3 Å². The molecule has 2 aromatic heterocycles. The van der Waals surface area contributed by atoms with E-state index in [9.17, 15) is 28.6 Å². The predicted octanol–water partition coefficient (Wildman–Crippen LogP) is 3.92. The highest BCUT2D eigenvalue weighted by molar-refractivity contribution is 7.14. The molecule has 1 fully saturated rings. The van der Waals surface area contributed by atoms with Crippen LogP contribution in [-0.4, -0.2) is 49.3 Å². The summed E-state index contributed by atoms with van der Waals surface area (Å²) in [5.74, 6) is -0.378. The summed E-state index contributed by atoms with van der Waals surface area (Å²) in [6, 6.07) is 7.43. The van der Waals surface area contributed by atoms with Crippen molar-refractivity contribution in [3.63, 3.8) is 0 Å². The maximum Gasteiger partial charge on any atom is 0.407 e. The Morgan fingerprint density at radius 1 is 1.29 bits per heavy atom. The number of rotatable bonds is 6. The lowest BCUT2D eigenvalue weighted by Gasteiger charge is -2.23. The number of hydrogen-bond acceptors (Lipinski definition) is 5. The molecule has 0 saturated carbocycles. The van der Waals surface area contributed by atoms with E-state index in [1.165, 1.54) is 17.0 Å². The van der Waals surface area contributed by atoms with E-state index >= 15 is 0 Å². The first kappa shape index (κ1) is 21.2. The Morgan fingerprint density at radius 3 is 2.77 bits per heavy atom. The standard InChI is InChI=1S/C20H20F2N4O4S/c21-17(22)15-5-6-16(31-15)18(28)24-19-23-13-8-11(10-27)3-4-14(13)26(19)9-12-2-1-7-25(12)20(29)30/h3-6,8,12,17,27H,1-2,7,9-10H2,(H,29,30)(H,23,24,28)/t12-/m1/s1. The van der Waals surface area contributed by atoms with E-state index in [0.29, 0.717) is 40.9 Å². The molecule has 4 rings (SSSR count). The first-order chi connectivity index (χ1) is 14.9. The molecule has 11 heteroatoms. The maximum absolute atomic E-state index is 12.9. The number of likely N-dealkylation sites (tertiary alicyclic amines) is 1. The largest absolute Gasteiger partial charge is 0.465 e. The van der Waals surface area contributed by atoms with Gasteiger partial charge in [0.15, 0.2) is 0 Å². The van der Waals surface area contributed by atoms with Gasteiger partial charge in [-0.15, -0.1) is 11.3 Å². The highest BCUT2D eigenvalue weighted by Gasteiger charge is 2.30. The van der Waals surface area contributed by atoms with Crippen molar-refractivity contribution in [3.05, 3.63) is 45.6 Å². The molecule has 1 saturated heterocycles. The molecule has 3 N–H and O–H groups in total. The number of aromatic nitrogens is 2. The van der Waals surface area contributed by atoms with Crippen LogP contribution in [0.3, 0.4) is 0 Å². The van der Waals surface area contributed by atoms with Gasteiger partial charge in [0.1, 0.15) is 0 Å². The highest BCUT2D eigenvalue weighted by atomic mass is 32.1. The van der Waals surface area contributed by atoms with Crippen molar-refractivity contribution in [1.82, 2.24) is 14.5 Å². The van der Waals surface area contributed by atoms with E-state index in [4.69, 9.17) is 0 Å². The van der Waals surface area contributed by atoms with Gasteiger partial charge in [-0.3, -0.25) is 10.1 Å². The number of aliphatic hydroxyl groups excluding tert-OH is 1. The number of hydrogen-bond donors (Lipinski definition) is 3. The van der Waals surface area contributed by atoms with Crippen LogP contribution < -0.4 is 5.32 Å². The second-order valence-corrected chi connectivity index (χ2v) is 8.37. The number of thiophene rings is 1. The van der Waals surface area contributed by atoms with Gasteiger partial charge < -0.3 is 19.7 Å². The van der Waals surface area contributed by atoms with Crippen molar-refractivity contribution < 1.29 is 28.6 Å². The average Bonchev–Trinajstić information content (AvgIpc) is 3.47. The van der Waals surface area contributed by atoms with E-state index in [0.717, 1.165) is 6.42 Å². The van der Waals surface area contributed by atoms with E-state index in [-0.39, 0.29) is 34.9 Å². The van der Waals surface area contributed by atoms with Crippen molar-refractivity contribution in [3.8, 4) is 0 Å². The minimum Gasteiger partial charge on any atom is -0.465 e. The number of nitrogens with one attached hydrogen (secondary N) is 1. The molecule has 1 aliphatic heterocycles. The van der Waals surface area contributed by atoms with Crippen LogP contribution in [0.25, 0.3) is 11.0 Å². The number of nitrogens with zero attached hydrogens (tertiary/aromatic N) is 3. The fraction of sp³-hybridized carbons (Fsp3) is 0.350. The number of benzene rings is 1. The van der Waals surface area contributed by atoms with Crippen LogP contribution in [-0.2, 0) is 13.2 Å². The molecule has 3 aromatic rings. The van der Waals surface area contributed by atoms with Gasteiger partial charge in [0, 0.05) is 13.1 Å². The average molecular weight is 450 g/mol. The zero-order chi connectivity index (χ0) is 22.1. The van der Waals surface area contributed by atoms with Crippen LogP contribution >= 0.6 is 11.3 Å². The van der Waals surface area contributed by atoms with E-state index in [2.05, 4.69) is 10.3 Å². The zero-order valence-electron chi connectivity index (χ0n) is 16.3. The number of alkyl halides is 2. The molecular formula is C20H20F2N4O4S. The number of carboxylic acid groups (broad SMARTS) is 1. The van der Waals surface area contributed by atoms with Gasteiger partial charge in [-0.25, -0.2) is 18.6 Å². The van der Waals surface area contributed by atoms with Crippen molar-refractivity contribution in [2.75, 3.05) is 11.9 Å². The topological polar surface area (TPSA) is 108 Å². The lowest BCUT2D eigenvalue weighted by Crippen LogP contribution is -2.37. The summed E-state index contributed by atoms with van der Waals surface area (Å²) >= 11 is 0.706. The monoisotopic (exact) mass is 450 g/mol. The second kappa shape index (κ2) is 8.60. The fourth-order valence-corrected chi connectivity index (χ4v) is 4.56. The third-order valence-corrected chi connectivity index (χ3v) is 6.39. The Kier molecular flexibility index (Phi) is 5.88. The van der Waals surface area contributed by atoms with E-state index in [1.807, 2.05) is 0 Å². The first-order valence-electron chi connectivity index (χ1n) is 9.66. The quantitative estimate of drug-likeness (QED) is 0.528. The maximum atomic E-state index is 12.9. The molecule has 31 heavy (non-hydrogen) atoms. The summed E-state index contributed by atoms with van der Waals surface area (Å²) in [5, 5.41) is 21.5. The third-order valence-electron chi connectivity index (χ3n) is 5.30. The Morgan fingerprint density at radius 2 is 2.10 bits per heavy atom. The summed E-state index contributed by atoms with van der Waals surface area (Å²) in [6.45, 7) is 0.545. The highest BCUT2D eigenvalue weighted by Crippen LogP contribution is 2.29. The minimum atomic E-state index is -2.66. The van der Waals surface area contributed by atoms with E-state index in [1.54, 1.807) is 22.8 Å². The van der Waals surface area contributed by atoms with Crippen LogP contribution in [0.5, 0.6) is 0 Å². The van der Waals surface area contributed by atoms with Gasteiger partial charge >= 0.3 is 6.09 Å². The number of carbonyl (C=O) groups is 2. The summed E-state index contributed by atoms with van der Waals surface area (Å²) in [5.41, 5.74) is 1.84. The Hall–Kier alpha value is -3.05. The number of carbonyl (C=O) groups excluding carboxylic acids is 1. The third kappa shape index (κ3) is 4.23. The Labute approximate surface area is 179 Å². The van der Waals surface area contributed by atoms with Gasteiger partial charge in [0.2, 0.25) is 5.95 Å². The molecule has 164 valence electrons. The molecule has 0 aliphatic carbocycles. The van der Waals surface area contributed by atoms with Gasteiger partial charge in [-0.05, 0) is 42.7 Å². The van der Waals surface area contributed by atoms with E-state index < -0.39 is 18.4 Å². The number of aliphatic hydroxyl groups is 1. The number of halogens is 2. The van der Waals surface area contributed by atoms with Crippen molar-refractivity contribution in [2.45, 2.75) is 38.5 Å². The van der Waals surface area contributed by atoms with Crippen molar-refractivity contribution in [2.24, 2.45) is 0 Å². The molecule has 1 atom stereocenters. The second-order valence-electron chi connectivity index (χ2n) is 7.26. The molecule has 0 unspecified atom stereocenters. The van der Waals surface area contributed by atoms with Crippen LogP contribution in [0.15, 0.2) is 30.3 Å². The lowest BCUT2D eigenvalue weighted by molar-refractivity contribution is 0.102. The van der Waals surface area contributed by atoms with Crippen LogP contribution in [0.2, 0.25) is 0 Å². The number of amides is 2. The molecule has 0 radical (unpaired) electrons.